The number of para-hydroxylation sites is 1. The highest BCUT2D eigenvalue weighted by Gasteiger charge is 2.41. The quantitative estimate of drug-likeness (QED) is 0.783. The summed E-state index contributed by atoms with van der Waals surface area (Å²) >= 11 is 0. The number of amidine groups is 1. The Balaban J connectivity index is 1.11. The molecule has 3 aliphatic heterocycles. The fourth-order valence-electron chi connectivity index (χ4n) is 4.48. The zero-order valence-corrected chi connectivity index (χ0v) is 17.9. The maximum absolute atomic E-state index is 14.0. The van der Waals surface area contributed by atoms with Gasteiger partial charge in [0.25, 0.3) is 0 Å². The highest BCUT2D eigenvalue weighted by Crippen LogP contribution is 2.31. The molecule has 0 radical (unpaired) electrons. The Hall–Kier alpha value is -3.04. The second-order valence-electron chi connectivity index (χ2n) is 8.42. The lowest BCUT2D eigenvalue weighted by atomic mass is 10.0. The largest absolute Gasteiger partial charge is 0.366 e. The summed E-state index contributed by atoms with van der Waals surface area (Å²) in [5, 5.41) is 0. The molecule has 2 saturated heterocycles. The maximum atomic E-state index is 14.0. The van der Waals surface area contributed by atoms with Crippen LogP contribution in [0.3, 0.4) is 0 Å². The molecule has 3 aliphatic rings. The van der Waals surface area contributed by atoms with Crippen LogP contribution in [0.15, 0.2) is 53.7 Å². The Morgan fingerprint density at radius 2 is 1.78 bits per heavy atom. The monoisotopic (exact) mass is 438 g/mol. The van der Waals surface area contributed by atoms with Gasteiger partial charge in [-0.2, -0.15) is 0 Å². The summed E-state index contributed by atoms with van der Waals surface area (Å²) in [6.45, 7) is 4.36. The van der Waals surface area contributed by atoms with Crippen molar-refractivity contribution in [1.82, 2.24) is 20.3 Å². The van der Waals surface area contributed by atoms with E-state index in [-0.39, 0.29) is 11.7 Å². The predicted octanol–water partition coefficient (Wildman–Crippen LogP) is 1.64. The van der Waals surface area contributed by atoms with Crippen LogP contribution in [0, 0.1) is 5.82 Å². The summed E-state index contributed by atoms with van der Waals surface area (Å²) in [6.07, 6.45) is 3.16. The van der Waals surface area contributed by atoms with Gasteiger partial charge in [-0.1, -0.05) is 18.2 Å². The second-order valence-corrected chi connectivity index (χ2v) is 8.42. The summed E-state index contributed by atoms with van der Waals surface area (Å²) in [5.74, 6) is 0.562. The summed E-state index contributed by atoms with van der Waals surface area (Å²) in [7, 11) is 0. The van der Waals surface area contributed by atoms with Gasteiger partial charge in [-0.3, -0.25) is 14.7 Å². The van der Waals surface area contributed by atoms with Crippen molar-refractivity contribution >= 4 is 17.4 Å². The van der Waals surface area contributed by atoms with Crippen LogP contribution in [0.2, 0.25) is 0 Å². The Bertz CT molecular complexity index is 985. The highest BCUT2D eigenvalue weighted by molar-refractivity contribution is 5.97. The molecule has 2 fully saturated rings. The molecule has 1 aromatic heterocycles. The number of hydroxylamine groups is 1. The lowest BCUT2D eigenvalue weighted by Gasteiger charge is -2.39. The molecule has 4 heterocycles. The molecule has 0 saturated carbocycles. The van der Waals surface area contributed by atoms with Crippen LogP contribution in [0.25, 0.3) is 0 Å². The summed E-state index contributed by atoms with van der Waals surface area (Å²) < 4.78 is 14.0. The van der Waals surface area contributed by atoms with Gasteiger partial charge in [-0.25, -0.2) is 19.7 Å². The smallest absolute Gasteiger partial charge is 0.236 e. The van der Waals surface area contributed by atoms with Crippen LogP contribution in [0.4, 0.5) is 10.1 Å². The number of nitrogens with zero attached hydrogens (tertiary/aromatic N) is 5. The van der Waals surface area contributed by atoms with Crippen LogP contribution >= 0.6 is 0 Å². The van der Waals surface area contributed by atoms with Gasteiger partial charge in [-0.05, 0) is 24.3 Å². The third kappa shape index (κ3) is 4.31. The molecule has 5 rings (SSSR count). The molecule has 8 nitrogen and oxygen atoms in total. The van der Waals surface area contributed by atoms with E-state index in [1.807, 2.05) is 34.1 Å². The van der Waals surface area contributed by atoms with Gasteiger partial charge in [0.2, 0.25) is 5.91 Å². The van der Waals surface area contributed by atoms with Crippen molar-refractivity contribution < 1.29 is 14.0 Å². The van der Waals surface area contributed by atoms with Crippen LogP contribution in [-0.4, -0.2) is 78.1 Å². The van der Waals surface area contributed by atoms with E-state index in [1.54, 1.807) is 18.3 Å². The Kier molecular flexibility index (Phi) is 5.75. The van der Waals surface area contributed by atoms with Gasteiger partial charge in [0.1, 0.15) is 11.5 Å². The number of amides is 1. The number of nitrogens with one attached hydrogen (secondary N) is 1. The number of piperazine rings is 1. The van der Waals surface area contributed by atoms with Crippen LogP contribution in [-0.2, 0) is 9.63 Å². The van der Waals surface area contributed by atoms with Crippen molar-refractivity contribution in [2.24, 2.45) is 4.99 Å². The van der Waals surface area contributed by atoms with E-state index in [0.717, 1.165) is 18.8 Å². The fourth-order valence-corrected chi connectivity index (χ4v) is 4.48. The van der Waals surface area contributed by atoms with E-state index < -0.39 is 5.72 Å². The van der Waals surface area contributed by atoms with Gasteiger partial charge in [0.05, 0.1) is 12.2 Å². The lowest BCUT2D eigenvalue weighted by Crippen LogP contribution is -2.53. The number of piperidine rings is 1. The van der Waals surface area contributed by atoms with Crippen molar-refractivity contribution in [2.75, 3.05) is 50.7 Å². The predicted molar refractivity (Wildman–Crippen MR) is 119 cm³/mol. The molecule has 0 bridgehead atoms. The molecule has 2 aromatic rings. The number of benzene rings is 1. The van der Waals surface area contributed by atoms with Gasteiger partial charge in [-0.15, -0.1) is 0 Å². The first kappa shape index (κ1) is 20.8. The third-order valence-electron chi connectivity index (χ3n) is 6.38. The van der Waals surface area contributed by atoms with Crippen LogP contribution < -0.4 is 10.4 Å². The molecule has 1 aromatic carbocycles. The number of anilines is 1. The van der Waals surface area contributed by atoms with Crippen molar-refractivity contribution in [1.29, 1.82) is 0 Å². The Morgan fingerprint density at radius 3 is 2.50 bits per heavy atom. The first-order valence-electron chi connectivity index (χ1n) is 11.1. The number of hydrogen-bond donors (Lipinski definition) is 1. The third-order valence-corrected chi connectivity index (χ3v) is 6.38. The lowest BCUT2D eigenvalue weighted by molar-refractivity contribution is -0.135. The Morgan fingerprint density at radius 1 is 1.03 bits per heavy atom. The maximum Gasteiger partial charge on any atom is 0.236 e. The van der Waals surface area contributed by atoms with Crippen molar-refractivity contribution in [3.8, 4) is 0 Å². The summed E-state index contributed by atoms with van der Waals surface area (Å²) in [6, 6.07) is 12.5. The number of likely N-dealkylation sites (tertiary alicyclic amines) is 1. The first-order valence-corrected chi connectivity index (χ1v) is 11.1. The SMILES string of the molecule is O=C(CN1CCC2(CC1)N=C(c1ccccn1)NO2)N1CCN(c2ccccc2F)CC1. The molecular formula is C23H27FN6O2. The Labute approximate surface area is 186 Å². The van der Waals surface area contributed by atoms with Gasteiger partial charge < -0.3 is 9.80 Å². The number of halogens is 1. The number of aliphatic imine (C=N–C) groups is 1. The van der Waals surface area contributed by atoms with Gasteiger partial charge in [0, 0.05) is 58.3 Å². The van der Waals surface area contributed by atoms with Crippen molar-refractivity contribution in [3.05, 3.63) is 60.2 Å². The van der Waals surface area contributed by atoms with Crippen LogP contribution in [0.5, 0.6) is 0 Å². The van der Waals surface area contributed by atoms with Gasteiger partial charge in [0.15, 0.2) is 11.6 Å². The minimum absolute atomic E-state index is 0.122. The topological polar surface area (TPSA) is 73.3 Å². The molecule has 1 spiro atoms. The van der Waals surface area contributed by atoms with E-state index in [4.69, 9.17) is 9.83 Å². The first-order chi connectivity index (χ1) is 15.6. The molecular weight excluding hydrogens is 411 g/mol. The molecule has 0 atom stereocenters. The number of aromatic nitrogens is 1. The molecule has 0 aliphatic carbocycles. The summed E-state index contributed by atoms with van der Waals surface area (Å²) in [4.78, 5) is 33.8. The average molecular weight is 439 g/mol. The standard InChI is InChI=1S/C23H27FN6O2/c24-18-5-1-2-7-20(18)29-13-15-30(16-14-29)21(31)17-28-11-8-23(9-12-28)26-22(27-32-23)19-6-3-4-10-25-19/h1-7,10H,8-9,11-17H2,(H,26,27). The second kappa shape index (κ2) is 8.84. The van der Waals surface area contributed by atoms with E-state index in [9.17, 15) is 9.18 Å². The number of carbonyl (C=O) groups excluding carboxylic acids is 1. The fraction of sp³-hybridized carbons (Fsp3) is 0.435. The number of carbonyl (C=O) groups is 1. The van der Waals surface area contributed by atoms with E-state index in [2.05, 4.69) is 15.4 Å². The average Bonchev–Trinajstić information content (AvgIpc) is 3.25. The summed E-state index contributed by atoms with van der Waals surface area (Å²) in [5.41, 5.74) is 3.71. The zero-order valence-electron chi connectivity index (χ0n) is 17.9. The highest BCUT2D eigenvalue weighted by atomic mass is 19.1. The molecule has 1 amide bonds. The molecule has 0 unspecified atom stereocenters. The van der Waals surface area contributed by atoms with Crippen molar-refractivity contribution in [3.63, 3.8) is 0 Å². The minimum Gasteiger partial charge on any atom is -0.366 e. The molecule has 9 heteroatoms. The zero-order chi connectivity index (χ0) is 22.0. The number of pyridine rings is 1. The van der Waals surface area contributed by atoms with Gasteiger partial charge >= 0.3 is 0 Å². The number of hydrogen-bond acceptors (Lipinski definition) is 7. The normalized spacial score (nSPS) is 20.8. The minimum atomic E-state index is -0.586. The van der Waals surface area contributed by atoms with E-state index >= 15 is 0 Å². The van der Waals surface area contributed by atoms with Crippen molar-refractivity contribution in [2.45, 2.75) is 18.6 Å². The van der Waals surface area contributed by atoms with E-state index in [1.165, 1.54) is 6.07 Å². The molecule has 32 heavy (non-hydrogen) atoms. The van der Waals surface area contributed by atoms with Crippen LogP contribution in [0.1, 0.15) is 18.5 Å². The van der Waals surface area contributed by atoms with E-state index in [0.29, 0.717) is 57.1 Å². The molecule has 168 valence electrons. The molecule has 1 N–H and O–H groups in total. The number of rotatable bonds is 4.